The second-order valence-electron chi connectivity index (χ2n) is 7.35. The molecular formula is C22H22Cl2N2O5. The molecule has 2 aromatic rings. The fourth-order valence-electron chi connectivity index (χ4n) is 3.37. The summed E-state index contributed by atoms with van der Waals surface area (Å²) in [5.41, 5.74) is 2.67. The van der Waals surface area contributed by atoms with Gasteiger partial charge in [0.15, 0.2) is 5.60 Å². The van der Waals surface area contributed by atoms with Crippen LogP contribution in [0.3, 0.4) is 0 Å². The summed E-state index contributed by atoms with van der Waals surface area (Å²) in [5.74, 6) is -0.513. The molecule has 0 N–H and O–H groups in total. The molecule has 1 aliphatic rings. The summed E-state index contributed by atoms with van der Waals surface area (Å²) in [7, 11) is 2.60. The zero-order valence-corrected chi connectivity index (χ0v) is 19.1. The first-order chi connectivity index (χ1) is 14.7. The van der Waals surface area contributed by atoms with E-state index >= 15 is 0 Å². The fourth-order valence-corrected chi connectivity index (χ4v) is 3.90. The van der Waals surface area contributed by atoms with E-state index in [4.69, 9.17) is 32.8 Å². The second kappa shape index (κ2) is 9.26. The highest BCUT2D eigenvalue weighted by molar-refractivity contribution is 6.34. The lowest BCUT2D eigenvalue weighted by Gasteiger charge is -2.22. The van der Waals surface area contributed by atoms with Gasteiger partial charge in [-0.05, 0) is 55.3 Å². The molecule has 3 rings (SSSR count). The Bertz CT molecular complexity index is 1040. The van der Waals surface area contributed by atoms with Crippen molar-refractivity contribution in [3.8, 4) is 0 Å². The number of carbonyl (C=O) groups excluding carboxylic acids is 2. The Balaban J connectivity index is 1.83. The third-order valence-electron chi connectivity index (χ3n) is 5.02. The average molecular weight is 465 g/mol. The van der Waals surface area contributed by atoms with Crippen LogP contribution in [0.15, 0.2) is 41.6 Å². The maximum absolute atomic E-state index is 12.8. The van der Waals surface area contributed by atoms with Gasteiger partial charge in [-0.2, -0.15) is 0 Å². The highest BCUT2D eigenvalue weighted by atomic mass is 35.5. The van der Waals surface area contributed by atoms with Crippen molar-refractivity contribution in [2.24, 2.45) is 5.16 Å². The number of rotatable bonds is 5. The van der Waals surface area contributed by atoms with Crippen molar-refractivity contribution in [1.82, 2.24) is 4.90 Å². The maximum Gasteiger partial charge on any atom is 0.418 e. The number of hydrogen-bond donors (Lipinski definition) is 0. The van der Waals surface area contributed by atoms with Gasteiger partial charge in [0.1, 0.15) is 6.73 Å². The zero-order valence-electron chi connectivity index (χ0n) is 17.6. The number of methoxy groups -OCH3 is 2. The zero-order chi connectivity index (χ0) is 22.8. The van der Waals surface area contributed by atoms with Gasteiger partial charge >= 0.3 is 6.09 Å². The first-order valence-corrected chi connectivity index (χ1v) is 10.2. The van der Waals surface area contributed by atoms with E-state index in [0.29, 0.717) is 27.6 Å². The quantitative estimate of drug-likeness (QED) is 0.571. The summed E-state index contributed by atoms with van der Waals surface area (Å²) >= 11 is 12.3. The van der Waals surface area contributed by atoms with Crippen LogP contribution in [-0.2, 0) is 19.9 Å². The van der Waals surface area contributed by atoms with Gasteiger partial charge in [0, 0.05) is 34.7 Å². The molecule has 2 amide bonds. The van der Waals surface area contributed by atoms with E-state index in [-0.39, 0.29) is 6.73 Å². The Morgan fingerprint density at radius 1 is 1.16 bits per heavy atom. The van der Waals surface area contributed by atoms with E-state index in [2.05, 4.69) is 9.89 Å². The molecule has 0 saturated heterocycles. The summed E-state index contributed by atoms with van der Waals surface area (Å²) in [6.07, 6.45) is -0.297. The number of carbonyl (C=O) groups is 2. The molecule has 2 aromatic carbocycles. The van der Waals surface area contributed by atoms with Crippen molar-refractivity contribution in [3.63, 3.8) is 0 Å². The van der Waals surface area contributed by atoms with Crippen LogP contribution in [0.1, 0.15) is 40.4 Å². The number of imide groups is 1. The molecule has 1 atom stereocenters. The van der Waals surface area contributed by atoms with Crippen molar-refractivity contribution in [3.05, 3.63) is 68.7 Å². The van der Waals surface area contributed by atoms with Crippen LogP contribution in [0.25, 0.3) is 0 Å². The predicted molar refractivity (Wildman–Crippen MR) is 118 cm³/mol. The molecule has 0 spiro atoms. The first kappa shape index (κ1) is 23.1. The molecule has 1 aliphatic heterocycles. The minimum atomic E-state index is -0.792. The molecule has 164 valence electrons. The van der Waals surface area contributed by atoms with Crippen molar-refractivity contribution in [2.75, 3.05) is 21.0 Å². The van der Waals surface area contributed by atoms with E-state index in [9.17, 15) is 9.59 Å². The van der Waals surface area contributed by atoms with E-state index in [1.165, 1.54) is 14.2 Å². The summed E-state index contributed by atoms with van der Waals surface area (Å²) in [6.45, 7) is 3.48. The normalized spacial score (nSPS) is 17.7. The average Bonchev–Trinajstić information content (AvgIpc) is 3.14. The van der Waals surface area contributed by atoms with Gasteiger partial charge in [-0.3, -0.25) is 4.79 Å². The molecule has 0 aromatic heterocycles. The molecule has 9 heteroatoms. The molecule has 0 radical (unpaired) electrons. The molecule has 7 nitrogen and oxygen atoms in total. The minimum Gasteiger partial charge on any atom is -0.452 e. The SMILES string of the molecule is COCN(C(=O)OC)C(=O)c1ccc(C2=NOC(C)(c3cc(Cl)cc(Cl)c3)C2)cc1C. The van der Waals surface area contributed by atoms with Gasteiger partial charge in [0.05, 0.1) is 12.8 Å². The van der Waals surface area contributed by atoms with E-state index in [1.54, 1.807) is 37.3 Å². The van der Waals surface area contributed by atoms with Crippen LogP contribution in [-0.4, -0.2) is 43.6 Å². The first-order valence-electron chi connectivity index (χ1n) is 9.40. The number of benzene rings is 2. The smallest absolute Gasteiger partial charge is 0.418 e. The van der Waals surface area contributed by atoms with Crippen LogP contribution in [0.2, 0.25) is 10.0 Å². The molecule has 1 unspecified atom stereocenters. The largest absolute Gasteiger partial charge is 0.452 e. The Morgan fingerprint density at radius 3 is 2.42 bits per heavy atom. The third kappa shape index (κ3) is 4.84. The number of nitrogens with zero attached hydrogens (tertiary/aromatic N) is 2. The lowest BCUT2D eigenvalue weighted by molar-refractivity contribution is -0.00738. The highest BCUT2D eigenvalue weighted by Gasteiger charge is 2.37. The summed E-state index contributed by atoms with van der Waals surface area (Å²) < 4.78 is 9.61. The van der Waals surface area contributed by atoms with Gasteiger partial charge in [-0.1, -0.05) is 34.4 Å². The van der Waals surface area contributed by atoms with Crippen LogP contribution in [0.4, 0.5) is 4.79 Å². The maximum atomic E-state index is 12.8. The van der Waals surface area contributed by atoms with Crippen LogP contribution >= 0.6 is 23.2 Å². The Morgan fingerprint density at radius 2 is 1.84 bits per heavy atom. The molecule has 0 aliphatic carbocycles. The van der Waals surface area contributed by atoms with E-state index in [1.807, 2.05) is 13.0 Å². The van der Waals surface area contributed by atoms with Gasteiger partial charge in [0.2, 0.25) is 0 Å². The Hall–Kier alpha value is -2.61. The van der Waals surface area contributed by atoms with Gasteiger partial charge < -0.3 is 14.3 Å². The second-order valence-corrected chi connectivity index (χ2v) is 8.22. The molecule has 1 heterocycles. The molecule has 0 fully saturated rings. The summed E-state index contributed by atoms with van der Waals surface area (Å²) in [4.78, 5) is 31.4. The van der Waals surface area contributed by atoms with Gasteiger partial charge in [-0.15, -0.1) is 0 Å². The number of halogens is 2. The lowest BCUT2D eigenvalue weighted by atomic mass is 9.88. The third-order valence-corrected chi connectivity index (χ3v) is 5.46. The Labute approximate surface area is 190 Å². The molecule has 0 bridgehead atoms. The van der Waals surface area contributed by atoms with Gasteiger partial charge in [0.25, 0.3) is 5.91 Å². The number of oxime groups is 1. The fraction of sp³-hybridized carbons (Fsp3) is 0.318. The van der Waals surface area contributed by atoms with Crippen molar-refractivity contribution >= 4 is 40.9 Å². The molecule has 31 heavy (non-hydrogen) atoms. The number of aryl methyl sites for hydroxylation is 1. The van der Waals surface area contributed by atoms with E-state index in [0.717, 1.165) is 21.7 Å². The summed E-state index contributed by atoms with van der Waals surface area (Å²) in [6, 6.07) is 10.5. The van der Waals surface area contributed by atoms with Crippen LogP contribution < -0.4 is 0 Å². The molecular weight excluding hydrogens is 443 g/mol. The lowest BCUT2D eigenvalue weighted by Crippen LogP contribution is -2.38. The number of amides is 2. The Kier molecular flexibility index (Phi) is 6.89. The highest BCUT2D eigenvalue weighted by Crippen LogP contribution is 2.38. The van der Waals surface area contributed by atoms with Gasteiger partial charge in [-0.25, -0.2) is 9.69 Å². The summed E-state index contributed by atoms with van der Waals surface area (Å²) in [5, 5.41) is 5.30. The standard InChI is InChI=1S/C22H22Cl2N2O5/c1-13-7-14(5-6-18(13)20(27)26(12-29-3)21(28)30-4)19-11-22(2,31-25-19)15-8-16(23)10-17(24)9-15/h5-10H,11-12H2,1-4H3. The van der Waals surface area contributed by atoms with E-state index < -0.39 is 17.6 Å². The topological polar surface area (TPSA) is 77.4 Å². The minimum absolute atomic E-state index is 0.214. The predicted octanol–water partition coefficient (Wildman–Crippen LogP) is 5.15. The number of ether oxygens (including phenoxy) is 2. The van der Waals surface area contributed by atoms with Crippen molar-refractivity contribution < 1.29 is 23.9 Å². The molecule has 0 saturated carbocycles. The van der Waals surface area contributed by atoms with Crippen LogP contribution in [0.5, 0.6) is 0 Å². The van der Waals surface area contributed by atoms with Crippen LogP contribution in [0, 0.1) is 6.92 Å². The van der Waals surface area contributed by atoms with Crippen molar-refractivity contribution in [2.45, 2.75) is 25.9 Å². The number of hydrogen-bond acceptors (Lipinski definition) is 6. The monoisotopic (exact) mass is 464 g/mol. The van der Waals surface area contributed by atoms with Crippen molar-refractivity contribution in [1.29, 1.82) is 0 Å².